The summed E-state index contributed by atoms with van der Waals surface area (Å²) in [5, 5.41) is 24.9. The number of aryl methyl sites for hydroxylation is 1. The lowest BCUT2D eigenvalue weighted by atomic mass is 10.1. The highest BCUT2D eigenvalue weighted by atomic mass is 79.9. The van der Waals surface area contributed by atoms with Crippen LogP contribution in [0.3, 0.4) is 0 Å². The monoisotopic (exact) mass is 536 g/mol. The molecule has 35 heavy (non-hydrogen) atoms. The zero-order valence-corrected chi connectivity index (χ0v) is 19.9. The Bertz CT molecular complexity index is 1620. The van der Waals surface area contributed by atoms with E-state index in [1.165, 1.54) is 30.3 Å². The van der Waals surface area contributed by atoms with E-state index in [0.29, 0.717) is 39.0 Å². The molecule has 0 radical (unpaired) electrons. The van der Waals surface area contributed by atoms with Gasteiger partial charge in [0.1, 0.15) is 29.3 Å². The third kappa shape index (κ3) is 4.04. The molecule has 0 amide bonds. The van der Waals surface area contributed by atoms with Gasteiger partial charge in [0.2, 0.25) is 15.9 Å². The molecule has 0 saturated carbocycles. The van der Waals surface area contributed by atoms with Crippen LogP contribution in [0.4, 0.5) is 0 Å². The molecule has 0 bridgehead atoms. The minimum atomic E-state index is -0.594. The van der Waals surface area contributed by atoms with E-state index in [9.17, 15) is 15.0 Å². The number of phenolic OH excluding ortho intramolecular Hbond substituents is 1. The molecule has 4 aromatic heterocycles. The molecule has 3 N–H and O–H groups in total. The second kappa shape index (κ2) is 8.72. The SMILES string of the molecule is COc1cc(-c2nc(-c3cccnc3-n3cnc(Br)n3)[nH]c2-c2oc(C)cc(=O)c2O)ccc1O. The number of hydrogen-bond donors (Lipinski definition) is 3. The molecule has 0 aliphatic rings. The van der Waals surface area contributed by atoms with Gasteiger partial charge in [0.15, 0.2) is 23.1 Å². The average Bonchev–Trinajstić information content (AvgIpc) is 3.48. The van der Waals surface area contributed by atoms with Gasteiger partial charge in [0, 0.05) is 17.8 Å². The minimum Gasteiger partial charge on any atom is -0.504 e. The topological polar surface area (TPSA) is 152 Å². The number of rotatable bonds is 5. The molecule has 176 valence electrons. The van der Waals surface area contributed by atoms with E-state index in [4.69, 9.17) is 14.1 Å². The summed E-state index contributed by atoms with van der Waals surface area (Å²) in [6.07, 6.45) is 3.10. The number of aromatic nitrogens is 6. The highest BCUT2D eigenvalue weighted by Crippen LogP contribution is 2.39. The summed E-state index contributed by atoms with van der Waals surface area (Å²) >= 11 is 3.23. The third-order valence-electron chi connectivity index (χ3n) is 5.15. The van der Waals surface area contributed by atoms with Crippen molar-refractivity contribution < 1.29 is 19.4 Å². The van der Waals surface area contributed by atoms with Gasteiger partial charge in [-0.3, -0.25) is 4.79 Å². The highest BCUT2D eigenvalue weighted by molar-refractivity contribution is 9.10. The molecule has 0 aliphatic carbocycles. The van der Waals surface area contributed by atoms with Crippen LogP contribution in [0.2, 0.25) is 0 Å². The van der Waals surface area contributed by atoms with Crippen LogP contribution in [0.25, 0.3) is 39.9 Å². The predicted octanol–water partition coefficient (Wildman–Crippen LogP) is 3.83. The van der Waals surface area contributed by atoms with Crippen LogP contribution in [-0.2, 0) is 0 Å². The standard InChI is InChI=1S/C23H17BrN6O5/c1-11-8-15(32)19(33)20(35-11)18-17(12-5-6-14(31)16(9-12)34-2)27-21(28-18)13-4-3-7-25-22(13)30-10-26-23(24)29-30/h3-10,31,33H,1-2H3,(H,27,28). The smallest absolute Gasteiger partial charge is 0.227 e. The van der Waals surface area contributed by atoms with Crippen LogP contribution >= 0.6 is 15.9 Å². The Balaban J connectivity index is 1.78. The lowest BCUT2D eigenvalue weighted by molar-refractivity contribution is 0.373. The number of hydrogen-bond acceptors (Lipinski definition) is 9. The zero-order valence-electron chi connectivity index (χ0n) is 18.4. The van der Waals surface area contributed by atoms with Gasteiger partial charge in [-0.05, 0) is 53.2 Å². The normalized spacial score (nSPS) is 11.1. The van der Waals surface area contributed by atoms with E-state index in [2.05, 4.69) is 36.0 Å². The molecule has 5 rings (SSSR count). The van der Waals surface area contributed by atoms with Gasteiger partial charge < -0.3 is 24.4 Å². The molecule has 0 unspecified atom stereocenters. The van der Waals surface area contributed by atoms with Crippen molar-refractivity contribution >= 4 is 15.9 Å². The second-order valence-corrected chi connectivity index (χ2v) is 8.14. The quantitative estimate of drug-likeness (QED) is 0.304. The molecular formula is C23H17BrN6O5. The Morgan fingerprint density at radius 2 is 2.00 bits per heavy atom. The van der Waals surface area contributed by atoms with Gasteiger partial charge in [-0.1, -0.05) is 0 Å². The van der Waals surface area contributed by atoms with Gasteiger partial charge in [0.05, 0.1) is 12.7 Å². The predicted molar refractivity (Wildman–Crippen MR) is 128 cm³/mol. The number of methoxy groups -OCH3 is 1. The number of nitrogens with zero attached hydrogens (tertiary/aromatic N) is 5. The lowest BCUT2D eigenvalue weighted by Gasteiger charge is -2.08. The number of aromatic amines is 1. The summed E-state index contributed by atoms with van der Waals surface area (Å²) in [5.74, 6) is 0.639. The molecule has 0 atom stereocenters. The first-order chi connectivity index (χ1) is 16.9. The Kier molecular flexibility index (Phi) is 5.57. The van der Waals surface area contributed by atoms with Gasteiger partial charge in [-0.2, -0.15) is 0 Å². The first-order valence-corrected chi connectivity index (χ1v) is 11.0. The molecule has 12 heteroatoms. The van der Waals surface area contributed by atoms with Crippen molar-refractivity contribution in [1.29, 1.82) is 0 Å². The number of aromatic hydroxyl groups is 2. The number of pyridine rings is 1. The van der Waals surface area contributed by atoms with E-state index in [1.54, 1.807) is 37.4 Å². The van der Waals surface area contributed by atoms with Crippen molar-refractivity contribution in [2.75, 3.05) is 7.11 Å². The van der Waals surface area contributed by atoms with Gasteiger partial charge >= 0.3 is 0 Å². The van der Waals surface area contributed by atoms with Gasteiger partial charge in [-0.15, -0.1) is 5.10 Å². The maximum absolute atomic E-state index is 12.3. The van der Waals surface area contributed by atoms with Crippen molar-refractivity contribution in [3.63, 3.8) is 0 Å². The van der Waals surface area contributed by atoms with E-state index >= 15 is 0 Å². The summed E-state index contributed by atoms with van der Waals surface area (Å²) in [5.41, 5.74) is 1.11. The van der Waals surface area contributed by atoms with Crippen molar-refractivity contribution in [2.24, 2.45) is 0 Å². The van der Waals surface area contributed by atoms with Crippen LogP contribution in [0, 0.1) is 6.92 Å². The number of ether oxygens (including phenoxy) is 1. The first kappa shape index (κ1) is 22.3. The number of H-pyrrole nitrogens is 1. The van der Waals surface area contributed by atoms with Crippen LogP contribution in [0.1, 0.15) is 5.76 Å². The van der Waals surface area contributed by atoms with Crippen LogP contribution in [0.15, 0.2) is 62.9 Å². The maximum atomic E-state index is 12.3. The highest BCUT2D eigenvalue weighted by Gasteiger charge is 2.24. The fourth-order valence-electron chi connectivity index (χ4n) is 3.58. The first-order valence-electron chi connectivity index (χ1n) is 10.2. The summed E-state index contributed by atoms with van der Waals surface area (Å²) in [7, 11) is 1.43. The molecule has 0 spiro atoms. The van der Waals surface area contributed by atoms with E-state index in [1.807, 2.05) is 0 Å². The van der Waals surface area contributed by atoms with Gasteiger partial charge in [-0.25, -0.2) is 19.6 Å². The fourth-order valence-corrected chi connectivity index (χ4v) is 3.84. The number of phenols is 1. The number of imidazole rings is 1. The molecule has 5 aromatic rings. The summed E-state index contributed by atoms with van der Waals surface area (Å²) in [6, 6.07) is 9.39. The maximum Gasteiger partial charge on any atom is 0.227 e. The Morgan fingerprint density at radius 3 is 2.74 bits per heavy atom. The van der Waals surface area contributed by atoms with Crippen LogP contribution in [-0.4, -0.2) is 47.0 Å². The van der Waals surface area contributed by atoms with Crippen molar-refractivity contribution in [1.82, 2.24) is 29.7 Å². The third-order valence-corrected chi connectivity index (χ3v) is 5.52. The van der Waals surface area contributed by atoms with E-state index < -0.39 is 11.2 Å². The van der Waals surface area contributed by atoms with Crippen molar-refractivity contribution in [3.8, 4) is 57.2 Å². The van der Waals surface area contributed by atoms with Crippen molar-refractivity contribution in [2.45, 2.75) is 6.92 Å². The number of nitrogens with one attached hydrogen (secondary N) is 1. The molecule has 1 aromatic carbocycles. The van der Waals surface area contributed by atoms with Crippen LogP contribution in [0.5, 0.6) is 17.2 Å². The Labute approximate surface area is 205 Å². The molecule has 0 saturated heterocycles. The Hall–Kier alpha value is -4.45. The fraction of sp³-hybridized carbons (Fsp3) is 0.0870. The zero-order chi connectivity index (χ0) is 24.7. The molecule has 0 fully saturated rings. The molecule has 11 nitrogen and oxygen atoms in total. The molecule has 0 aliphatic heterocycles. The summed E-state index contributed by atoms with van der Waals surface area (Å²) in [4.78, 5) is 28.7. The van der Waals surface area contributed by atoms with Crippen molar-refractivity contribution in [3.05, 3.63) is 69.6 Å². The number of halogens is 1. The Morgan fingerprint density at radius 1 is 1.17 bits per heavy atom. The summed E-state index contributed by atoms with van der Waals surface area (Å²) < 4.78 is 12.8. The van der Waals surface area contributed by atoms with E-state index in [-0.39, 0.29) is 23.0 Å². The van der Waals surface area contributed by atoms with Gasteiger partial charge in [0.25, 0.3) is 0 Å². The van der Waals surface area contributed by atoms with E-state index in [0.717, 1.165) is 0 Å². The molecule has 4 heterocycles. The lowest BCUT2D eigenvalue weighted by Crippen LogP contribution is -2.02. The average molecular weight is 537 g/mol. The van der Waals surface area contributed by atoms with Crippen LogP contribution < -0.4 is 10.2 Å². The second-order valence-electron chi connectivity index (χ2n) is 7.43. The molecular weight excluding hydrogens is 520 g/mol. The largest absolute Gasteiger partial charge is 0.504 e. The minimum absolute atomic E-state index is 0.0511. The number of benzene rings is 1. The summed E-state index contributed by atoms with van der Waals surface area (Å²) in [6.45, 7) is 1.60.